The number of hydrogen-bond donors (Lipinski definition) is 0. The maximum Gasteiger partial charge on any atom is 0.227 e. The van der Waals surface area contributed by atoms with Crippen molar-refractivity contribution in [1.29, 1.82) is 0 Å². The molecule has 2 aromatic carbocycles. The highest BCUT2D eigenvalue weighted by atomic mass is 32.1. The zero-order valence-corrected chi connectivity index (χ0v) is 14.0. The molecule has 3 aromatic rings. The van der Waals surface area contributed by atoms with Gasteiger partial charge in [0.2, 0.25) is 5.91 Å². The van der Waals surface area contributed by atoms with E-state index >= 15 is 0 Å². The fourth-order valence-corrected chi connectivity index (χ4v) is 4.52. The van der Waals surface area contributed by atoms with E-state index in [-0.39, 0.29) is 11.9 Å². The molecule has 4 rings (SSSR count). The van der Waals surface area contributed by atoms with Gasteiger partial charge in [-0.25, -0.2) is 0 Å². The fourth-order valence-electron chi connectivity index (χ4n) is 3.56. The van der Waals surface area contributed by atoms with Crippen molar-refractivity contribution in [3.05, 3.63) is 69.9 Å². The van der Waals surface area contributed by atoms with E-state index in [9.17, 15) is 4.79 Å². The van der Waals surface area contributed by atoms with Gasteiger partial charge in [0, 0.05) is 11.4 Å². The summed E-state index contributed by atoms with van der Waals surface area (Å²) in [6, 6.07) is 16.9. The van der Waals surface area contributed by atoms with Crippen LogP contribution in [0.3, 0.4) is 0 Å². The molecule has 0 spiro atoms. The quantitative estimate of drug-likeness (QED) is 0.676. The highest BCUT2D eigenvalue weighted by molar-refractivity contribution is 7.10. The largest absolute Gasteiger partial charge is 0.335 e. The summed E-state index contributed by atoms with van der Waals surface area (Å²) in [6.07, 6.45) is 1.46. The summed E-state index contributed by atoms with van der Waals surface area (Å²) in [5.41, 5.74) is 2.45. The van der Waals surface area contributed by atoms with Gasteiger partial charge in [-0.05, 0) is 46.7 Å². The van der Waals surface area contributed by atoms with Crippen LogP contribution in [0.5, 0.6) is 0 Å². The number of carbonyl (C=O) groups is 1. The Bertz CT molecular complexity index is 861. The zero-order chi connectivity index (χ0) is 15.8. The number of rotatable bonds is 2. The second-order valence-corrected chi connectivity index (χ2v) is 7.13. The van der Waals surface area contributed by atoms with Gasteiger partial charge >= 0.3 is 0 Å². The van der Waals surface area contributed by atoms with Gasteiger partial charge in [0.15, 0.2) is 0 Å². The summed E-state index contributed by atoms with van der Waals surface area (Å²) in [7, 11) is 0. The number of nitrogens with zero attached hydrogens (tertiary/aromatic N) is 1. The van der Waals surface area contributed by atoms with Gasteiger partial charge in [-0.1, -0.05) is 42.5 Å². The number of hydrogen-bond acceptors (Lipinski definition) is 2. The average Bonchev–Trinajstić information content (AvgIpc) is 3.05. The van der Waals surface area contributed by atoms with Gasteiger partial charge < -0.3 is 4.90 Å². The Morgan fingerprint density at radius 2 is 2.00 bits per heavy atom. The Labute approximate surface area is 140 Å². The number of thiophene rings is 1. The molecule has 3 heteroatoms. The molecular formula is C20H19NOS. The molecule has 23 heavy (non-hydrogen) atoms. The molecule has 2 nitrogen and oxygen atoms in total. The van der Waals surface area contributed by atoms with Crippen LogP contribution < -0.4 is 0 Å². The minimum Gasteiger partial charge on any atom is -0.335 e. The topological polar surface area (TPSA) is 20.3 Å². The number of amides is 1. The van der Waals surface area contributed by atoms with E-state index in [0.29, 0.717) is 6.42 Å². The van der Waals surface area contributed by atoms with Crippen LogP contribution in [0.2, 0.25) is 0 Å². The normalized spacial score (nSPS) is 17.3. The maximum atomic E-state index is 12.9. The summed E-state index contributed by atoms with van der Waals surface area (Å²) >= 11 is 1.81. The summed E-state index contributed by atoms with van der Waals surface area (Å²) < 4.78 is 0. The lowest BCUT2D eigenvalue weighted by Gasteiger charge is -2.34. The highest BCUT2D eigenvalue weighted by Gasteiger charge is 2.28. The standard InChI is InChI=1S/C20H19NOS/c1-14-17-10-12-23-19(17)9-11-21(14)20(22)13-16-7-4-6-15-5-2-3-8-18(15)16/h2-8,10,12,14H,9,11,13H2,1H3. The molecule has 1 unspecified atom stereocenters. The van der Waals surface area contributed by atoms with E-state index in [2.05, 4.69) is 42.6 Å². The van der Waals surface area contributed by atoms with E-state index in [1.165, 1.54) is 21.2 Å². The molecule has 0 N–H and O–H groups in total. The van der Waals surface area contributed by atoms with Crippen LogP contribution in [0.25, 0.3) is 10.8 Å². The molecule has 0 saturated carbocycles. The molecule has 1 aromatic heterocycles. The van der Waals surface area contributed by atoms with Crippen LogP contribution in [-0.4, -0.2) is 17.4 Å². The third-order valence-corrected chi connectivity index (χ3v) is 5.82. The van der Waals surface area contributed by atoms with Crippen molar-refractivity contribution in [2.45, 2.75) is 25.8 Å². The van der Waals surface area contributed by atoms with E-state index in [0.717, 1.165) is 18.5 Å². The number of fused-ring (bicyclic) bond motifs is 2. The van der Waals surface area contributed by atoms with E-state index in [1.54, 1.807) is 0 Å². The van der Waals surface area contributed by atoms with Crippen LogP contribution >= 0.6 is 11.3 Å². The van der Waals surface area contributed by atoms with Crippen molar-refractivity contribution in [2.75, 3.05) is 6.54 Å². The van der Waals surface area contributed by atoms with Gasteiger partial charge in [-0.2, -0.15) is 0 Å². The smallest absolute Gasteiger partial charge is 0.227 e. The van der Waals surface area contributed by atoms with Crippen molar-refractivity contribution < 1.29 is 4.79 Å². The molecular weight excluding hydrogens is 302 g/mol. The van der Waals surface area contributed by atoms with E-state index in [4.69, 9.17) is 0 Å². The van der Waals surface area contributed by atoms with Crippen molar-refractivity contribution in [1.82, 2.24) is 4.90 Å². The molecule has 1 aliphatic rings. The average molecular weight is 321 g/mol. The molecule has 0 fully saturated rings. The number of carbonyl (C=O) groups excluding carboxylic acids is 1. The predicted molar refractivity (Wildman–Crippen MR) is 95.8 cm³/mol. The second kappa shape index (κ2) is 5.82. The van der Waals surface area contributed by atoms with Crippen molar-refractivity contribution in [3.63, 3.8) is 0 Å². The fraction of sp³-hybridized carbons (Fsp3) is 0.250. The first-order chi connectivity index (χ1) is 11.2. The highest BCUT2D eigenvalue weighted by Crippen LogP contribution is 2.33. The Hall–Kier alpha value is -2.13. The van der Waals surface area contributed by atoms with Crippen LogP contribution in [0.1, 0.15) is 29.0 Å². The van der Waals surface area contributed by atoms with Crippen molar-refractivity contribution in [2.24, 2.45) is 0 Å². The predicted octanol–water partition coefficient (Wildman–Crippen LogP) is 4.59. The lowest BCUT2D eigenvalue weighted by molar-refractivity contribution is -0.132. The third-order valence-electron chi connectivity index (χ3n) is 4.82. The van der Waals surface area contributed by atoms with Crippen LogP contribution in [0, 0.1) is 0 Å². The Kier molecular flexibility index (Phi) is 3.66. The minimum atomic E-state index is 0.187. The van der Waals surface area contributed by atoms with Gasteiger partial charge in [-0.15, -0.1) is 11.3 Å². The Morgan fingerprint density at radius 1 is 1.17 bits per heavy atom. The van der Waals surface area contributed by atoms with Crippen molar-refractivity contribution >= 4 is 28.0 Å². The first kappa shape index (κ1) is 14.5. The van der Waals surface area contributed by atoms with Gasteiger partial charge in [0.05, 0.1) is 12.5 Å². The molecule has 116 valence electrons. The molecule has 0 aliphatic carbocycles. The second-order valence-electron chi connectivity index (χ2n) is 6.13. The summed E-state index contributed by atoms with van der Waals surface area (Å²) in [5.74, 6) is 0.228. The van der Waals surface area contributed by atoms with Crippen LogP contribution in [0.4, 0.5) is 0 Å². The molecule has 2 heterocycles. The lowest BCUT2D eigenvalue weighted by Crippen LogP contribution is -2.39. The lowest BCUT2D eigenvalue weighted by atomic mass is 9.98. The SMILES string of the molecule is CC1c2ccsc2CCN1C(=O)Cc1cccc2ccccc12. The minimum absolute atomic E-state index is 0.187. The summed E-state index contributed by atoms with van der Waals surface area (Å²) in [6.45, 7) is 2.98. The van der Waals surface area contributed by atoms with Crippen molar-refractivity contribution in [3.8, 4) is 0 Å². The summed E-state index contributed by atoms with van der Waals surface area (Å²) in [4.78, 5) is 16.4. The monoisotopic (exact) mass is 321 g/mol. The first-order valence-corrected chi connectivity index (χ1v) is 8.94. The molecule has 0 radical (unpaired) electrons. The van der Waals surface area contributed by atoms with E-state index < -0.39 is 0 Å². The molecule has 0 bridgehead atoms. The molecule has 1 aliphatic heterocycles. The molecule has 1 atom stereocenters. The zero-order valence-electron chi connectivity index (χ0n) is 13.2. The maximum absolute atomic E-state index is 12.9. The van der Waals surface area contributed by atoms with Crippen LogP contribution in [-0.2, 0) is 17.6 Å². The Balaban J connectivity index is 1.61. The first-order valence-electron chi connectivity index (χ1n) is 8.06. The Morgan fingerprint density at radius 3 is 2.91 bits per heavy atom. The summed E-state index contributed by atoms with van der Waals surface area (Å²) in [5, 5.41) is 4.52. The van der Waals surface area contributed by atoms with Gasteiger partial charge in [0.25, 0.3) is 0 Å². The molecule has 1 amide bonds. The van der Waals surface area contributed by atoms with Crippen LogP contribution in [0.15, 0.2) is 53.9 Å². The van der Waals surface area contributed by atoms with E-state index in [1.807, 2.05) is 34.4 Å². The van der Waals surface area contributed by atoms with Gasteiger partial charge in [-0.3, -0.25) is 4.79 Å². The third kappa shape index (κ3) is 2.55. The molecule has 0 saturated heterocycles. The number of benzene rings is 2. The van der Waals surface area contributed by atoms with Gasteiger partial charge in [0.1, 0.15) is 0 Å².